The summed E-state index contributed by atoms with van der Waals surface area (Å²) in [4.78, 5) is 57.1. The van der Waals surface area contributed by atoms with Crippen LogP contribution in [-0.2, 0) is 47.7 Å². The summed E-state index contributed by atoms with van der Waals surface area (Å²) in [6, 6.07) is -1.08. The van der Waals surface area contributed by atoms with Crippen LogP contribution in [0.2, 0.25) is 0 Å². The van der Waals surface area contributed by atoms with Crippen LogP contribution >= 0.6 is 0 Å². The molecule has 1 heterocycles. The lowest BCUT2D eigenvalue weighted by molar-refractivity contribution is -0.277. The SMILES string of the molecule is CC(=O)NC1C(OC(C)=O)[C@@H](OC(C)=O)C(COC(C)=O)O[C@H]1OCCC(N)=O. The van der Waals surface area contributed by atoms with Crippen molar-refractivity contribution in [3.8, 4) is 0 Å². The molecule has 0 saturated carbocycles. The predicted molar refractivity (Wildman–Crippen MR) is 93.8 cm³/mol. The lowest BCUT2D eigenvalue weighted by Crippen LogP contribution is -2.66. The van der Waals surface area contributed by atoms with Gasteiger partial charge in [-0.15, -0.1) is 0 Å². The van der Waals surface area contributed by atoms with E-state index in [1.807, 2.05) is 0 Å². The third kappa shape index (κ3) is 8.44. The molecule has 0 bridgehead atoms. The van der Waals surface area contributed by atoms with Crippen LogP contribution < -0.4 is 11.1 Å². The standard InChI is InChI=1S/C17H26N2O10/c1-8(20)19-14-16(28-11(4)23)15(27-10(3)22)12(7-26-9(2)21)29-17(14)25-6-5-13(18)24/h12,14-17H,5-7H2,1-4H3,(H2,18,24)(H,19,20)/t12?,14?,15-,16?,17+/m0/s1. The Bertz CT molecular complexity index is 638. The average molecular weight is 418 g/mol. The summed E-state index contributed by atoms with van der Waals surface area (Å²) in [5.74, 6) is -3.17. The average Bonchev–Trinajstić information content (AvgIpc) is 2.56. The Hall–Kier alpha value is -2.73. The summed E-state index contributed by atoms with van der Waals surface area (Å²) in [6.07, 6.45) is -4.84. The number of amides is 2. The molecule has 0 aliphatic carbocycles. The second-order valence-electron chi connectivity index (χ2n) is 6.31. The molecular formula is C17H26N2O10. The summed E-state index contributed by atoms with van der Waals surface area (Å²) < 4.78 is 26.7. The van der Waals surface area contributed by atoms with Crippen LogP contribution in [0.25, 0.3) is 0 Å². The summed E-state index contributed by atoms with van der Waals surface area (Å²) in [5, 5.41) is 2.53. The summed E-state index contributed by atoms with van der Waals surface area (Å²) in [7, 11) is 0. The zero-order chi connectivity index (χ0) is 22.1. The van der Waals surface area contributed by atoms with Gasteiger partial charge in [0.15, 0.2) is 18.5 Å². The fourth-order valence-corrected chi connectivity index (χ4v) is 2.71. The molecule has 1 rings (SSSR count). The maximum atomic E-state index is 11.7. The van der Waals surface area contributed by atoms with Gasteiger partial charge in [-0.25, -0.2) is 0 Å². The maximum absolute atomic E-state index is 11.7. The van der Waals surface area contributed by atoms with E-state index in [0.717, 1.165) is 13.8 Å². The molecule has 1 saturated heterocycles. The molecule has 0 aromatic carbocycles. The number of nitrogens with one attached hydrogen (secondary N) is 1. The maximum Gasteiger partial charge on any atom is 0.303 e. The van der Waals surface area contributed by atoms with E-state index in [-0.39, 0.29) is 19.6 Å². The number of rotatable bonds is 9. The van der Waals surface area contributed by atoms with Crippen molar-refractivity contribution in [1.29, 1.82) is 0 Å². The zero-order valence-electron chi connectivity index (χ0n) is 16.7. The van der Waals surface area contributed by atoms with Gasteiger partial charge < -0.3 is 34.7 Å². The minimum Gasteiger partial charge on any atom is -0.463 e. The van der Waals surface area contributed by atoms with Gasteiger partial charge in [0.2, 0.25) is 11.8 Å². The number of esters is 3. The van der Waals surface area contributed by atoms with Crippen LogP contribution in [0.15, 0.2) is 0 Å². The molecule has 0 radical (unpaired) electrons. The number of carbonyl (C=O) groups is 5. The highest BCUT2D eigenvalue weighted by atomic mass is 16.7. The summed E-state index contributed by atoms with van der Waals surface area (Å²) in [6.45, 7) is 4.17. The molecule has 0 spiro atoms. The second-order valence-corrected chi connectivity index (χ2v) is 6.31. The van der Waals surface area contributed by atoms with Crippen LogP contribution in [0.5, 0.6) is 0 Å². The highest BCUT2D eigenvalue weighted by molar-refractivity contribution is 5.74. The molecule has 1 aliphatic heterocycles. The Labute approximate surface area is 167 Å². The Morgan fingerprint density at radius 1 is 0.931 bits per heavy atom. The number of carbonyl (C=O) groups excluding carboxylic acids is 5. The minimum atomic E-state index is -1.21. The van der Waals surface area contributed by atoms with Crippen LogP contribution in [0.1, 0.15) is 34.1 Å². The van der Waals surface area contributed by atoms with Gasteiger partial charge in [-0.05, 0) is 0 Å². The first kappa shape index (κ1) is 24.3. The van der Waals surface area contributed by atoms with E-state index in [9.17, 15) is 24.0 Å². The predicted octanol–water partition coefficient (Wildman–Crippen LogP) is -1.47. The zero-order valence-corrected chi connectivity index (χ0v) is 16.7. The Kier molecular flexibility index (Phi) is 9.48. The first-order valence-electron chi connectivity index (χ1n) is 8.81. The van der Waals surface area contributed by atoms with Crippen molar-refractivity contribution in [2.24, 2.45) is 5.73 Å². The van der Waals surface area contributed by atoms with Gasteiger partial charge >= 0.3 is 17.9 Å². The van der Waals surface area contributed by atoms with Crippen molar-refractivity contribution >= 4 is 29.7 Å². The van der Waals surface area contributed by atoms with Gasteiger partial charge in [0.25, 0.3) is 0 Å². The number of hydrogen-bond acceptors (Lipinski definition) is 10. The molecule has 1 fully saturated rings. The molecule has 29 heavy (non-hydrogen) atoms. The summed E-state index contributed by atoms with van der Waals surface area (Å²) in [5.41, 5.74) is 5.09. The van der Waals surface area contributed by atoms with Gasteiger partial charge in [-0.1, -0.05) is 0 Å². The molecule has 3 unspecified atom stereocenters. The van der Waals surface area contributed by atoms with Crippen molar-refractivity contribution in [1.82, 2.24) is 5.32 Å². The smallest absolute Gasteiger partial charge is 0.303 e. The molecule has 1 aliphatic rings. The Balaban J connectivity index is 3.22. The molecule has 3 N–H and O–H groups in total. The van der Waals surface area contributed by atoms with E-state index in [4.69, 9.17) is 29.4 Å². The molecule has 0 aromatic rings. The number of hydrogen-bond donors (Lipinski definition) is 2. The molecule has 12 nitrogen and oxygen atoms in total. The normalized spacial score (nSPS) is 26.1. The Morgan fingerprint density at radius 3 is 2.00 bits per heavy atom. The number of nitrogens with two attached hydrogens (primary N) is 1. The topological polar surface area (TPSA) is 170 Å². The first-order chi connectivity index (χ1) is 13.5. The van der Waals surface area contributed by atoms with Crippen LogP contribution in [-0.4, -0.2) is 73.6 Å². The molecule has 2 amide bonds. The van der Waals surface area contributed by atoms with Crippen LogP contribution in [0, 0.1) is 0 Å². The lowest BCUT2D eigenvalue weighted by Gasteiger charge is -2.44. The second kappa shape index (κ2) is 11.3. The highest BCUT2D eigenvalue weighted by Gasteiger charge is 2.51. The van der Waals surface area contributed by atoms with Crippen molar-refractivity contribution in [2.75, 3.05) is 13.2 Å². The molecular weight excluding hydrogens is 392 g/mol. The fourth-order valence-electron chi connectivity index (χ4n) is 2.71. The van der Waals surface area contributed by atoms with Crippen molar-refractivity contribution in [3.63, 3.8) is 0 Å². The van der Waals surface area contributed by atoms with Gasteiger partial charge in [-0.2, -0.15) is 0 Å². The van der Waals surface area contributed by atoms with Crippen LogP contribution in [0.3, 0.4) is 0 Å². The molecule has 164 valence electrons. The quantitative estimate of drug-likeness (QED) is 0.333. The van der Waals surface area contributed by atoms with Gasteiger partial charge in [0.05, 0.1) is 6.61 Å². The fraction of sp³-hybridized carbons (Fsp3) is 0.706. The number of ether oxygens (including phenoxy) is 5. The monoisotopic (exact) mass is 418 g/mol. The van der Waals surface area contributed by atoms with E-state index in [1.165, 1.54) is 13.8 Å². The molecule has 12 heteroatoms. The first-order valence-corrected chi connectivity index (χ1v) is 8.81. The molecule has 0 aromatic heterocycles. The van der Waals surface area contributed by atoms with Crippen molar-refractivity contribution in [2.45, 2.75) is 64.8 Å². The lowest BCUT2D eigenvalue weighted by atomic mass is 9.96. The van der Waals surface area contributed by atoms with E-state index in [0.29, 0.717) is 0 Å². The van der Waals surface area contributed by atoms with E-state index >= 15 is 0 Å². The largest absolute Gasteiger partial charge is 0.463 e. The van der Waals surface area contributed by atoms with E-state index < -0.39 is 60.4 Å². The third-order valence-electron chi connectivity index (χ3n) is 3.70. The van der Waals surface area contributed by atoms with Crippen molar-refractivity contribution in [3.05, 3.63) is 0 Å². The number of primary amides is 1. The van der Waals surface area contributed by atoms with E-state index in [1.54, 1.807) is 0 Å². The van der Waals surface area contributed by atoms with Crippen LogP contribution in [0.4, 0.5) is 0 Å². The summed E-state index contributed by atoms with van der Waals surface area (Å²) >= 11 is 0. The van der Waals surface area contributed by atoms with Gasteiger partial charge in [0.1, 0.15) is 18.8 Å². The minimum absolute atomic E-state index is 0.132. The highest BCUT2D eigenvalue weighted by Crippen LogP contribution is 2.28. The van der Waals surface area contributed by atoms with E-state index in [2.05, 4.69) is 5.32 Å². The van der Waals surface area contributed by atoms with Gasteiger partial charge in [-0.3, -0.25) is 24.0 Å². The van der Waals surface area contributed by atoms with Crippen molar-refractivity contribution < 1.29 is 47.7 Å². The third-order valence-corrected chi connectivity index (χ3v) is 3.70. The molecule has 5 atom stereocenters. The Morgan fingerprint density at radius 2 is 1.52 bits per heavy atom. The van der Waals surface area contributed by atoms with Gasteiger partial charge in [0, 0.05) is 34.1 Å².